The summed E-state index contributed by atoms with van der Waals surface area (Å²) in [5.74, 6) is 0. The van der Waals surface area contributed by atoms with E-state index in [-0.39, 0.29) is 12.1 Å². The highest BCUT2D eigenvalue weighted by atomic mass is 16.5. The van der Waals surface area contributed by atoms with Gasteiger partial charge < -0.3 is 10.1 Å². The van der Waals surface area contributed by atoms with Crippen LogP contribution in [0.1, 0.15) is 42.5 Å². The lowest BCUT2D eigenvalue weighted by Crippen LogP contribution is -2.31. The predicted octanol–water partition coefficient (Wildman–Crippen LogP) is 3.74. The van der Waals surface area contributed by atoms with Crippen LogP contribution >= 0.6 is 0 Å². The van der Waals surface area contributed by atoms with E-state index in [2.05, 4.69) is 16.4 Å². The third-order valence-electron chi connectivity index (χ3n) is 4.28. The van der Waals surface area contributed by atoms with Gasteiger partial charge in [-0.2, -0.15) is 5.26 Å². The summed E-state index contributed by atoms with van der Waals surface area (Å²) in [5.41, 5.74) is 5.00. The highest BCUT2D eigenvalue weighted by Gasteiger charge is 2.25. The van der Waals surface area contributed by atoms with Gasteiger partial charge in [0.05, 0.1) is 24.3 Å². The van der Waals surface area contributed by atoms with Gasteiger partial charge >= 0.3 is 6.09 Å². The SMILES string of the molecule is CCOC(=O)NC1CCCc2c(-c3ccc(C#N)cc3)cncc21. The Balaban J connectivity index is 1.94. The average molecular weight is 321 g/mol. The zero-order valence-electron chi connectivity index (χ0n) is 13.6. The lowest BCUT2D eigenvalue weighted by atomic mass is 9.84. The van der Waals surface area contributed by atoms with Gasteiger partial charge in [-0.1, -0.05) is 12.1 Å². The molecule has 0 radical (unpaired) electrons. The van der Waals surface area contributed by atoms with E-state index in [0.29, 0.717) is 12.2 Å². The van der Waals surface area contributed by atoms with Gasteiger partial charge in [-0.05, 0) is 55.0 Å². The lowest BCUT2D eigenvalue weighted by Gasteiger charge is -2.27. The van der Waals surface area contributed by atoms with Crippen LogP contribution in [-0.4, -0.2) is 17.7 Å². The first kappa shape index (κ1) is 16.0. The number of carbonyl (C=O) groups excluding carboxylic acids is 1. The number of nitrogens with one attached hydrogen (secondary N) is 1. The summed E-state index contributed by atoms with van der Waals surface area (Å²) in [5, 5.41) is 11.9. The molecule has 0 aliphatic heterocycles. The Morgan fingerprint density at radius 2 is 2.17 bits per heavy atom. The number of amides is 1. The van der Waals surface area contributed by atoms with Gasteiger partial charge in [-0.3, -0.25) is 4.98 Å². The molecule has 5 nitrogen and oxygen atoms in total. The molecule has 122 valence electrons. The number of fused-ring (bicyclic) bond motifs is 1. The van der Waals surface area contributed by atoms with Crippen LogP contribution in [0, 0.1) is 11.3 Å². The molecule has 0 saturated carbocycles. The van der Waals surface area contributed by atoms with Crippen molar-refractivity contribution >= 4 is 6.09 Å². The first-order valence-corrected chi connectivity index (χ1v) is 8.13. The molecule has 1 aliphatic carbocycles. The van der Waals surface area contributed by atoms with Crippen LogP contribution < -0.4 is 5.32 Å². The number of pyridine rings is 1. The van der Waals surface area contributed by atoms with Gasteiger partial charge in [0.15, 0.2) is 0 Å². The second kappa shape index (κ2) is 7.14. The third-order valence-corrected chi connectivity index (χ3v) is 4.28. The lowest BCUT2D eigenvalue weighted by molar-refractivity contribution is 0.147. The zero-order chi connectivity index (χ0) is 16.9. The normalized spacial score (nSPS) is 15.9. The number of hydrogen-bond donors (Lipinski definition) is 1. The average Bonchev–Trinajstić information content (AvgIpc) is 2.62. The highest BCUT2D eigenvalue weighted by molar-refractivity contribution is 5.71. The summed E-state index contributed by atoms with van der Waals surface area (Å²) in [6.07, 6.45) is 6.13. The van der Waals surface area contributed by atoms with E-state index in [1.807, 2.05) is 36.7 Å². The third kappa shape index (κ3) is 3.23. The molecule has 1 N–H and O–H groups in total. The molecule has 0 spiro atoms. The topological polar surface area (TPSA) is 75.0 Å². The van der Waals surface area contributed by atoms with Gasteiger partial charge in [-0.25, -0.2) is 4.79 Å². The van der Waals surface area contributed by atoms with Crippen LogP contribution in [0.15, 0.2) is 36.7 Å². The Labute approximate surface area is 141 Å². The standard InChI is InChI=1S/C19H19N3O2/c1-2-24-19(23)22-18-5-3-4-15-16(11-21-12-17(15)18)14-8-6-13(10-20)7-9-14/h6-9,11-12,18H,2-5H2,1H3,(H,22,23). The van der Waals surface area contributed by atoms with Crippen molar-refractivity contribution in [3.05, 3.63) is 53.3 Å². The van der Waals surface area contributed by atoms with Crippen molar-refractivity contribution in [2.45, 2.75) is 32.2 Å². The molecule has 1 heterocycles. The molecule has 0 bridgehead atoms. The molecule has 2 aromatic rings. The molecule has 1 atom stereocenters. The maximum absolute atomic E-state index is 11.8. The van der Waals surface area contributed by atoms with E-state index in [4.69, 9.17) is 10.00 Å². The first-order chi connectivity index (χ1) is 11.7. The van der Waals surface area contributed by atoms with E-state index >= 15 is 0 Å². The van der Waals surface area contributed by atoms with Crippen molar-refractivity contribution in [2.75, 3.05) is 6.61 Å². The Morgan fingerprint density at radius 1 is 1.38 bits per heavy atom. The molecular formula is C19H19N3O2. The second-order valence-corrected chi connectivity index (χ2v) is 5.75. The van der Waals surface area contributed by atoms with Crippen molar-refractivity contribution in [3.8, 4) is 17.2 Å². The van der Waals surface area contributed by atoms with E-state index in [9.17, 15) is 4.79 Å². The minimum atomic E-state index is -0.390. The number of aromatic nitrogens is 1. The van der Waals surface area contributed by atoms with E-state index < -0.39 is 0 Å². The summed E-state index contributed by atoms with van der Waals surface area (Å²) in [6, 6.07) is 9.57. The van der Waals surface area contributed by atoms with Crippen molar-refractivity contribution < 1.29 is 9.53 Å². The van der Waals surface area contributed by atoms with Crippen LogP contribution in [0.5, 0.6) is 0 Å². The van der Waals surface area contributed by atoms with Crippen LogP contribution in [0.2, 0.25) is 0 Å². The molecule has 0 fully saturated rings. The number of benzene rings is 1. The minimum Gasteiger partial charge on any atom is -0.450 e. The number of alkyl carbamates (subject to hydrolysis) is 1. The minimum absolute atomic E-state index is 0.0707. The highest BCUT2D eigenvalue weighted by Crippen LogP contribution is 2.35. The monoisotopic (exact) mass is 321 g/mol. The molecule has 0 saturated heterocycles. The molecular weight excluding hydrogens is 302 g/mol. The Morgan fingerprint density at radius 3 is 2.88 bits per heavy atom. The van der Waals surface area contributed by atoms with Crippen LogP contribution in [0.3, 0.4) is 0 Å². The summed E-state index contributed by atoms with van der Waals surface area (Å²) < 4.78 is 5.00. The Kier molecular flexibility index (Phi) is 4.76. The molecule has 3 rings (SSSR count). The molecule has 1 amide bonds. The number of nitriles is 1. The van der Waals surface area contributed by atoms with Gasteiger partial charge in [0.2, 0.25) is 0 Å². The largest absolute Gasteiger partial charge is 0.450 e. The zero-order valence-corrected chi connectivity index (χ0v) is 13.6. The van der Waals surface area contributed by atoms with Crippen molar-refractivity contribution in [3.63, 3.8) is 0 Å². The van der Waals surface area contributed by atoms with Gasteiger partial charge in [-0.15, -0.1) is 0 Å². The van der Waals surface area contributed by atoms with E-state index in [0.717, 1.165) is 36.0 Å². The number of hydrogen-bond acceptors (Lipinski definition) is 4. The number of nitrogens with zero attached hydrogens (tertiary/aromatic N) is 2. The summed E-state index contributed by atoms with van der Waals surface area (Å²) in [4.78, 5) is 16.1. The summed E-state index contributed by atoms with van der Waals surface area (Å²) in [7, 11) is 0. The van der Waals surface area contributed by atoms with Crippen LogP contribution in [0.4, 0.5) is 4.79 Å². The maximum atomic E-state index is 11.8. The van der Waals surface area contributed by atoms with Crippen molar-refractivity contribution in [2.24, 2.45) is 0 Å². The Hall–Kier alpha value is -2.87. The maximum Gasteiger partial charge on any atom is 0.407 e. The molecule has 5 heteroatoms. The summed E-state index contributed by atoms with van der Waals surface area (Å²) >= 11 is 0. The quantitative estimate of drug-likeness (QED) is 0.934. The molecule has 24 heavy (non-hydrogen) atoms. The smallest absolute Gasteiger partial charge is 0.407 e. The fourth-order valence-corrected chi connectivity index (χ4v) is 3.16. The van der Waals surface area contributed by atoms with Gasteiger partial charge in [0.1, 0.15) is 0 Å². The van der Waals surface area contributed by atoms with Gasteiger partial charge in [0.25, 0.3) is 0 Å². The molecule has 1 aromatic carbocycles. The van der Waals surface area contributed by atoms with Gasteiger partial charge in [0, 0.05) is 18.0 Å². The van der Waals surface area contributed by atoms with Crippen LogP contribution in [0.25, 0.3) is 11.1 Å². The fourth-order valence-electron chi connectivity index (χ4n) is 3.16. The predicted molar refractivity (Wildman–Crippen MR) is 90.2 cm³/mol. The number of ether oxygens (including phenoxy) is 1. The molecule has 1 aliphatic rings. The first-order valence-electron chi connectivity index (χ1n) is 8.13. The van der Waals surface area contributed by atoms with E-state index in [1.165, 1.54) is 5.56 Å². The Bertz CT molecular complexity index is 778. The number of rotatable bonds is 3. The van der Waals surface area contributed by atoms with E-state index in [1.54, 1.807) is 6.92 Å². The van der Waals surface area contributed by atoms with Crippen LogP contribution in [-0.2, 0) is 11.2 Å². The molecule has 1 unspecified atom stereocenters. The number of carbonyl (C=O) groups is 1. The fraction of sp³-hybridized carbons (Fsp3) is 0.316. The van der Waals surface area contributed by atoms with Crippen molar-refractivity contribution in [1.82, 2.24) is 10.3 Å². The van der Waals surface area contributed by atoms with Crippen molar-refractivity contribution in [1.29, 1.82) is 5.26 Å². The summed E-state index contributed by atoms with van der Waals surface area (Å²) in [6.45, 7) is 2.15. The molecule has 1 aromatic heterocycles. The second-order valence-electron chi connectivity index (χ2n) is 5.75.